The van der Waals surface area contributed by atoms with Crippen molar-refractivity contribution in [3.05, 3.63) is 76.8 Å². The van der Waals surface area contributed by atoms with E-state index in [1.54, 1.807) is 30.8 Å². The number of nitrogens with one attached hydrogen (secondary N) is 2. The van der Waals surface area contributed by atoms with Crippen LogP contribution in [0.1, 0.15) is 40.5 Å². The molecule has 1 unspecified atom stereocenters. The molecular weight excluding hydrogens is 500 g/mol. The molecular formula is C25H24N4O5S2. The highest BCUT2D eigenvalue weighted by Gasteiger charge is 2.47. The Hall–Kier alpha value is -3.70. The zero-order valence-electron chi connectivity index (χ0n) is 19.8. The third-order valence-corrected chi connectivity index (χ3v) is 7.40. The van der Waals surface area contributed by atoms with Gasteiger partial charge in [-0.1, -0.05) is 49.4 Å². The Morgan fingerprint density at radius 2 is 1.83 bits per heavy atom. The van der Waals surface area contributed by atoms with Gasteiger partial charge in [0.1, 0.15) is 12.1 Å². The lowest BCUT2D eigenvalue weighted by Crippen LogP contribution is -2.50. The number of imide groups is 1. The van der Waals surface area contributed by atoms with Gasteiger partial charge in [-0.05, 0) is 29.5 Å². The van der Waals surface area contributed by atoms with Gasteiger partial charge in [-0.25, -0.2) is 19.5 Å². The predicted octanol–water partition coefficient (Wildman–Crippen LogP) is 4.06. The molecule has 2 heterocycles. The van der Waals surface area contributed by atoms with Crippen molar-refractivity contribution in [2.45, 2.75) is 29.8 Å². The maximum absolute atomic E-state index is 13.5. The van der Waals surface area contributed by atoms with Gasteiger partial charge < -0.3 is 15.4 Å². The van der Waals surface area contributed by atoms with Crippen molar-refractivity contribution in [1.29, 1.82) is 0 Å². The molecule has 36 heavy (non-hydrogen) atoms. The average molecular weight is 525 g/mol. The van der Waals surface area contributed by atoms with Crippen LogP contribution in [0, 0.1) is 0 Å². The molecule has 0 aliphatic carbocycles. The van der Waals surface area contributed by atoms with E-state index in [1.807, 2.05) is 48.7 Å². The van der Waals surface area contributed by atoms with Gasteiger partial charge in [0, 0.05) is 16.2 Å². The number of rotatable bonds is 8. The number of hydrogen-bond acceptors (Lipinski definition) is 8. The smallest absolute Gasteiger partial charge is 0.357 e. The molecule has 1 saturated heterocycles. The molecule has 4 rings (SSSR count). The summed E-state index contributed by atoms with van der Waals surface area (Å²) in [5.74, 6) is -2.28. The first-order chi connectivity index (χ1) is 17.3. The van der Waals surface area contributed by atoms with E-state index in [-0.39, 0.29) is 10.8 Å². The van der Waals surface area contributed by atoms with Crippen LogP contribution in [0.5, 0.6) is 0 Å². The molecule has 0 bridgehead atoms. The monoisotopic (exact) mass is 524 g/mol. The molecule has 3 aromatic rings. The number of nitrogens with zero attached hydrogens (tertiary/aromatic N) is 2. The number of hydrogen-bond donors (Lipinski definition) is 2. The number of benzene rings is 2. The second kappa shape index (κ2) is 10.9. The fourth-order valence-corrected chi connectivity index (χ4v) is 5.09. The number of esters is 1. The molecule has 0 saturated carbocycles. The molecule has 4 amide bonds. The summed E-state index contributed by atoms with van der Waals surface area (Å²) in [5, 5.41) is 6.99. The van der Waals surface area contributed by atoms with Crippen molar-refractivity contribution in [1.82, 2.24) is 15.2 Å². The fourth-order valence-electron chi connectivity index (χ4n) is 4.00. The summed E-state index contributed by atoms with van der Waals surface area (Å²) in [6, 6.07) is 13.8. The Morgan fingerprint density at radius 1 is 1.14 bits per heavy atom. The van der Waals surface area contributed by atoms with Gasteiger partial charge in [0.25, 0.3) is 5.91 Å². The van der Waals surface area contributed by atoms with Crippen molar-refractivity contribution < 1.29 is 23.9 Å². The normalized spacial score (nSPS) is 16.9. The number of anilines is 1. The summed E-state index contributed by atoms with van der Waals surface area (Å²) in [7, 11) is 1.24. The maximum Gasteiger partial charge on any atom is 0.357 e. The van der Waals surface area contributed by atoms with Gasteiger partial charge in [0.05, 0.1) is 7.11 Å². The van der Waals surface area contributed by atoms with E-state index in [9.17, 15) is 19.2 Å². The molecule has 2 aromatic carbocycles. The average Bonchev–Trinajstić information content (AvgIpc) is 3.48. The Kier molecular flexibility index (Phi) is 7.70. The van der Waals surface area contributed by atoms with Gasteiger partial charge in [0.2, 0.25) is 5.91 Å². The van der Waals surface area contributed by atoms with E-state index in [1.165, 1.54) is 12.5 Å². The number of thioether (sulfide) groups is 1. The second-order valence-corrected chi connectivity index (χ2v) is 9.76. The highest BCUT2D eigenvalue weighted by atomic mass is 32.2. The second-order valence-electron chi connectivity index (χ2n) is 8.03. The van der Waals surface area contributed by atoms with Crippen LogP contribution in [0.15, 0.2) is 64.9 Å². The summed E-state index contributed by atoms with van der Waals surface area (Å²) < 4.78 is 4.66. The van der Waals surface area contributed by atoms with Crippen molar-refractivity contribution in [3.63, 3.8) is 0 Å². The number of carbonyl (C=O) groups excluding carboxylic acids is 4. The molecule has 9 nitrogen and oxygen atoms in total. The zero-order valence-corrected chi connectivity index (χ0v) is 21.4. The SMILES string of the molecule is COC(=O)c1csc(NC(=O)[C@H]([C@@H](C)c2ccccc2)N2C(=O)NC(c3ccc(SC)cc3)C2=O)n1. The number of amides is 4. The molecule has 0 spiro atoms. The first-order valence-corrected chi connectivity index (χ1v) is 13.1. The molecule has 11 heteroatoms. The first kappa shape index (κ1) is 25.4. The van der Waals surface area contributed by atoms with Crippen LogP contribution in [0.2, 0.25) is 0 Å². The molecule has 1 aromatic heterocycles. The summed E-state index contributed by atoms with van der Waals surface area (Å²) in [5.41, 5.74) is 1.46. The van der Waals surface area contributed by atoms with Crippen molar-refractivity contribution in [3.8, 4) is 0 Å². The Bertz CT molecular complexity index is 1280. The minimum atomic E-state index is -1.17. The van der Waals surface area contributed by atoms with Gasteiger partial charge in [0.15, 0.2) is 10.8 Å². The third-order valence-electron chi connectivity index (χ3n) is 5.89. The van der Waals surface area contributed by atoms with Crippen LogP contribution in [0.3, 0.4) is 0 Å². The first-order valence-electron chi connectivity index (χ1n) is 11.0. The number of carbonyl (C=O) groups is 4. The lowest BCUT2D eigenvalue weighted by molar-refractivity contribution is -0.134. The number of aromatic nitrogens is 1. The standard InChI is InChI=1S/C25H24N4O5S2/c1-14(15-7-5-4-6-8-15)20(21(30)28-24-26-18(13-36-24)23(32)34-2)29-22(31)19(27-25(29)33)16-9-11-17(35-3)12-10-16/h4-14,19-20H,1-3H3,(H,27,33)(H,26,28,30)/t14-,19?,20-/m0/s1. The van der Waals surface area contributed by atoms with Crippen LogP contribution in [0.4, 0.5) is 9.93 Å². The summed E-state index contributed by atoms with van der Waals surface area (Å²) in [6.45, 7) is 1.78. The van der Waals surface area contributed by atoms with Crippen molar-refractivity contribution in [2.24, 2.45) is 0 Å². The van der Waals surface area contributed by atoms with Crippen LogP contribution in [0.25, 0.3) is 0 Å². The van der Waals surface area contributed by atoms with E-state index < -0.39 is 41.8 Å². The van der Waals surface area contributed by atoms with E-state index in [0.717, 1.165) is 26.7 Å². The van der Waals surface area contributed by atoms with Crippen LogP contribution < -0.4 is 10.6 Å². The van der Waals surface area contributed by atoms with Gasteiger partial charge in [-0.2, -0.15) is 0 Å². The van der Waals surface area contributed by atoms with Gasteiger partial charge >= 0.3 is 12.0 Å². The van der Waals surface area contributed by atoms with Gasteiger partial charge in [-0.15, -0.1) is 23.1 Å². The van der Waals surface area contributed by atoms with E-state index in [0.29, 0.717) is 5.56 Å². The fraction of sp³-hybridized carbons (Fsp3) is 0.240. The lowest BCUT2D eigenvalue weighted by Gasteiger charge is -2.29. The highest BCUT2D eigenvalue weighted by molar-refractivity contribution is 7.98. The molecule has 3 atom stereocenters. The lowest BCUT2D eigenvalue weighted by atomic mass is 9.91. The van der Waals surface area contributed by atoms with Crippen molar-refractivity contribution >= 4 is 52.0 Å². The van der Waals surface area contributed by atoms with Crippen LogP contribution in [-0.4, -0.2) is 53.1 Å². The maximum atomic E-state index is 13.5. The third kappa shape index (κ3) is 5.12. The number of urea groups is 1. The minimum Gasteiger partial charge on any atom is -0.464 e. The number of ether oxygens (including phenoxy) is 1. The highest BCUT2D eigenvalue weighted by Crippen LogP contribution is 2.32. The van der Waals surface area contributed by atoms with E-state index >= 15 is 0 Å². The predicted molar refractivity (Wildman–Crippen MR) is 137 cm³/mol. The number of thiazole rings is 1. The molecule has 186 valence electrons. The summed E-state index contributed by atoms with van der Waals surface area (Å²) >= 11 is 2.61. The summed E-state index contributed by atoms with van der Waals surface area (Å²) in [4.78, 5) is 58.0. The summed E-state index contributed by atoms with van der Waals surface area (Å²) in [6.07, 6.45) is 1.95. The molecule has 2 N–H and O–H groups in total. The molecule has 0 radical (unpaired) electrons. The van der Waals surface area contributed by atoms with Crippen LogP contribution in [-0.2, 0) is 14.3 Å². The Labute approximate surface area is 216 Å². The zero-order chi connectivity index (χ0) is 25.8. The topological polar surface area (TPSA) is 118 Å². The minimum absolute atomic E-state index is 0.0502. The quantitative estimate of drug-likeness (QED) is 0.259. The number of methoxy groups -OCH3 is 1. The molecule has 1 fully saturated rings. The van der Waals surface area contributed by atoms with Gasteiger partial charge in [-0.3, -0.25) is 9.59 Å². The Morgan fingerprint density at radius 3 is 2.47 bits per heavy atom. The van der Waals surface area contributed by atoms with Crippen molar-refractivity contribution in [2.75, 3.05) is 18.7 Å². The Balaban J connectivity index is 1.65. The van der Waals surface area contributed by atoms with E-state index in [4.69, 9.17) is 0 Å². The van der Waals surface area contributed by atoms with Crippen LogP contribution >= 0.6 is 23.1 Å². The molecule has 1 aliphatic rings. The molecule has 1 aliphatic heterocycles. The van der Waals surface area contributed by atoms with E-state index in [2.05, 4.69) is 20.4 Å². The largest absolute Gasteiger partial charge is 0.464 e.